The number of carboxylic acid groups (broad SMARTS) is 1. The van der Waals surface area contributed by atoms with Gasteiger partial charge in [0.15, 0.2) is 0 Å². The highest BCUT2D eigenvalue weighted by Crippen LogP contribution is 2.24. The molecule has 0 fully saturated rings. The minimum atomic E-state index is -1.33. The molecule has 0 bridgehead atoms. The number of rotatable bonds is 6. The molecule has 0 aliphatic carbocycles. The molecule has 0 saturated heterocycles. The van der Waals surface area contributed by atoms with Gasteiger partial charge in [0.05, 0.1) is 17.9 Å². The molecule has 1 heterocycles. The first-order valence-corrected chi connectivity index (χ1v) is 7.85. The molecule has 2 N–H and O–H groups in total. The van der Waals surface area contributed by atoms with Crippen molar-refractivity contribution < 1.29 is 14.6 Å². The summed E-state index contributed by atoms with van der Waals surface area (Å²) in [5.74, 6) is -0.162. The quantitative estimate of drug-likeness (QED) is 0.834. The maximum absolute atomic E-state index is 11.9. The van der Waals surface area contributed by atoms with Gasteiger partial charge in [-0.05, 0) is 37.5 Å². The minimum Gasteiger partial charge on any atom is -0.492 e. The van der Waals surface area contributed by atoms with E-state index in [1.54, 1.807) is 18.2 Å². The van der Waals surface area contributed by atoms with Gasteiger partial charge in [-0.1, -0.05) is 13.8 Å². The summed E-state index contributed by atoms with van der Waals surface area (Å²) in [6, 6.07) is 6.94. The van der Waals surface area contributed by atoms with Crippen LogP contribution in [0.15, 0.2) is 23.0 Å². The maximum Gasteiger partial charge on any atom is 0.343 e. The summed E-state index contributed by atoms with van der Waals surface area (Å²) >= 11 is 0. The highest BCUT2D eigenvalue weighted by Gasteiger charge is 2.16. The number of hydrogen-bond acceptors (Lipinski definition) is 5. The standard InChI is InChI=1S/C18H19N3O4/c1-10(2)6-7-25-14-5-4-12(8-13(14)9-19)16-20-11(3)15(18(23)24)17(22)21-16/h4-5,8,10H,6-7H2,1-3H3,(H,23,24)(H,20,21,22). The summed E-state index contributed by atoms with van der Waals surface area (Å²) < 4.78 is 5.64. The highest BCUT2D eigenvalue weighted by atomic mass is 16.5. The Kier molecular flexibility index (Phi) is 5.55. The molecule has 0 saturated carbocycles. The van der Waals surface area contributed by atoms with Gasteiger partial charge >= 0.3 is 5.97 Å². The van der Waals surface area contributed by atoms with Crippen molar-refractivity contribution in [2.45, 2.75) is 27.2 Å². The average molecular weight is 341 g/mol. The second kappa shape index (κ2) is 7.62. The molecule has 0 aliphatic heterocycles. The zero-order chi connectivity index (χ0) is 18.6. The van der Waals surface area contributed by atoms with Crippen LogP contribution in [0.5, 0.6) is 5.75 Å². The molecule has 0 radical (unpaired) electrons. The normalized spacial score (nSPS) is 10.5. The lowest BCUT2D eigenvalue weighted by molar-refractivity contribution is 0.0693. The number of benzene rings is 1. The summed E-state index contributed by atoms with van der Waals surface area (Å²) in [5, 5.41) is 18.4. The van der Waals surface area contributed by atoms with Gasteiger partial charge in [0.25, 0.3) is 5.56 Å². The Morgan fingerprint density at radius 3 is 2.72 bits per heavy atom. The molecule has 7 nitrogen and oxygen atoms in total. The number of carbonyl (C=O) groups is 1. The van der Waals surface area contributed by atoms with E-state index in [2.05, 4.69) is 29.9 Å². The van der Waals surface area contributed by atoms with Gasteiger partial charge in [-0.2, -0.15) is 5.26 Å². The van der Waals surface area contributed by atoms with Crippen LogP contribution in [0.1, 0.15) is 41.9 Å². The van der Waals surface area contributed by atoms with E-state index in [4.69, 9.17) is 9.84 Å². The van der Waals surface area contributed by atoms with Crippen LogP contribution < -0.4 is 10.3 Å². The Bertz CT molecular complexity index is 894. The van der Waals surface area contributed by atoms with Gasteiger partial charge in [-0.3, -0.25) is 4.79 Å². The minimum absolute atomic E-state index is 0.113. The van der Waals surface area contributed by atoms with Gasteiger partial charge in [0, 0.05) is 5.56 Å². The molecular formula is C18H19N3O4. The van der Waals surface area contributed by atoms with E-state index in [0.717, 1.165) is 6.42 Å². The zero-order valence-electron chi connectivity index (χ0n) is 14.3. The Balaban J connectivity index is 2.37. The van der Waals surface area contributed by atoms with Crippen molar-refractivity contribution in [1.29, 1.82) is 5.26 Å². The Labute approximate surface area is 144 Å². The lowest BCUT2D eigenvalue weighted by Crippen LogP contribution is -2.21. The van der Waals surface area contributed by atoms with Crippen LogP contribution in [-0.2, 0) is 0 Å². The topological polar surface area (TPSA) is 116 Å². The van der Waals surface area contributed by atoms with Crippen molar-refractivity contribution in [2.24, 2.45) is 5.92 Å². The molecule has 0 spiro atoms. The van der Waals surface area contributed by atoms with Crippen molar-refractivity contribution in [3.8, 4) is 23.2 Å². The van der Waals surface area contributed by atoms with Gasteiger partial charge < -0.3 is 14.8 Å². The number of nitrogens with zero attached hydrogens (tertiary/aromatic N) is 2. The Morgan fingerprint density at radius 2 is 2.16 bits per heavy atom. The summed E-state index contributed by atoms with van der Waals surface area (Å²) in [6.45, 7) is 6.13. The largest absolute Gasteiger partial charge is 0.492 e. The summed E-state index contributed by atoms with van der Waals surface area (Å²) in [6.07, 6.45) is 0.872. The first kappa shape index (κ1) is 18.2. The van der Waals surface area contributed by atoms with E-state index in [-0.39, 0.29) is 11.5 Å². The van der Waals surface area contributed by atoms with Crippen LogP contribution in [0.3, 0.4) is 0 Å². The van der Waals surface area contributed by atoms with Crippen LogP contribution in [0.2, 0.25) is 0 Å². The molecule has 2 rings (SSSR count). The van der Waals surface area contributed by atoms with Gasteiger partial charge in [0.2, 0.25) is 0 Å². The highest BCUT2D eigenvalue weighted by molar-refractivity contribution is 5.88. The van der Waals surface area contributed by atoms with E-state index in [1.807, 2.05) is 0 Å². The van der Waals surface area contributed by atoms with Crippen molar-refractivity contribution >= 4 is 5.97 Å². The zero-order valence-corrected chi connectivity index (χ0v) is 14.3. The second-order valence-electron chi connectivity index (χ2n) is 6.03. The lowest BCUT2D eigenvalue weighted by atomic mass is 10.1. The summed E-state index contributed by atoms with van der Waals surface area (Å²) in [4.78, 5) is 29.6. The molecule has 0 amide bonds. The second-order valence-corrected chi connectivity index (χ2v) is 6.03. The summed E-state index contributed by atoms with van der Waals surface area (Å²) in [7, 11) is 0. The van der Waals surface area contributed by atoms with E-state index < -0.39 is 17.1 Å². The van der Waals surface area contributed by atoms with E-state index >= 15 is 0 Å². The van der Waals surface area contributed by atoms with Crippen LogP contribution in [0, 0.1) is 24.2 Å². The van der Waals surface area contributed by atoms with Crippen molar-refractivity contribution in [3.05, 3.63) is 45.4 Å². The van der Waals surface area contributed by atoms with Crippen LogP contribution in [0.25, 0.3) is 11.4 Å². The number of hydrogen-bond donors (Lipinski definition) is 2. The fourth-order valence-corrected chi connectivity index (χ4v) is 2.27. The Morgan fingerprint density at radius 1 is 1.44 bits per heavy atom. The number of aromatic carboxylic acids is 1. The van der Waals surface area contributed by atoms with Crippen molar-refractivity contribution in [1.82, 2.24) is 9.97 Å². The molecule has 1 aromatic carbocycles. The van der Waals surface area contributed by atoms with Crippen LogP contribution in [-0.4, -0.2) is 27.7 Å². The molecule has 0 atom stereocenters. The number of H-pyrrole nitrogens is 1. The number of nitrogens with one attached hydrogen (secondary N) is 1. The van der Waals surface area contributed by atoms with Crippen LogP contribution in [0.4, 0.5) is 0 Å². The van der Waals surface area contributed by atoms with Crippen molar-refractivity contribution in [2.75, 3.05) is 6.61 Å². The van der Waals surface area contributed by atoms with E-state index in [9.17, 15) is 14.9 Å². The molecule has 25 heavy (non-hydrogen) atoms. The number of nitriles is 1. The third-order valence-electron chi connectivity index (χ3n) is 3.64. The molecule has 0 aliphatic rings. The SMILES string of the molecule is Cc1nc(-c2ccc(OCCC(C)C)c(C#N)c2)[nH]c(=O)c1C(=O)O. The number of carboxylic acids is 1. The van der Waals surface area contributed by atoms with Gasteiger partial charge in [0.1, 0.15) is 23.2 Å². The molecule has 7 heteroatoms. The number of aromatic amines is 1. The van der Waals surface area contributed by atoms with Gasteiger partial charge in [-0.25, -0.2) is 9.78 Å². The first-order chi connectivity index (χ1) is 11.8. The number of aryl methyl sites for hydroxylation is 1. The number of ether oxygens (including phenoxy) is 1. The third kappa shape index (κ3) is 4.23. The maximum atomic E-state index is 11.9. The Hall–Kier alpha value is -3.14. The summed E-state index contributed by atoms with van der Waals surface area (Å²) in [5.41, 5.74) is -0.181. The monoisotopic (exact) mass is 341 g/mol. The lowest BCUT2D eigenvalue weighted by Gasteiger charge is -2.11. The molecule has 0 unspecified atom stereocenters. The van der Waals surface area contributed by atoms with E-state index in [1.165, 1.54) is 6.92 Å². The average Bonchev–Trinajstić information content (AvgIpc) is 2.53. The smallest absolute Gasteiger partial charge is 0.343 e. The third-order valence-corrected chi connectivity index (χ3v) is 3.64. The predicted octanol–water partition coefficient (Wildman–Crippen LogP) is 2.74. The molecule has 2 aromatic rings. The molecule has 130 valence electrons. The first-order valence-electron chi connectivity index (χ1n) is 7.85. The van der Waals surface area contributed by atoms with Gasteiger partial charge in [-0.15, -0.1) is 0 Å². The van der Waals surface area contributed by atoms with Crippen molar-refractivity contribution in [3.63, 3.8) is 0 Å². The molecular weight excluding hydrogens is 322 g/mol. The fourth-order valence-electron chi connectivity index (χ4n) is 2.27. The number of aromatic nitrogens is 2. The molecule has 1 aromatic heterocycles. The van der Waals surface area contributed by atoms with E-state index in [0.29, 0.717) is 29.4 Å². The van der Waals surface area contributed by atoms with Crippen LogP contribution >= 0.6 is 0 Å². The predicted molar refractivity (Wildman–Crippen MR) is 91.7 cm³/mol. The fraction of sp³-hybridized carbons (Fsp3) is 0.333.